The Balaban J connectivity index is 0.00000253. The molecule has 2 aromatic carbocycles. The van der Waals surface area contributed by atoms with Crippen LogP contribution in [0.25, 0.3) is 17.1 Å². The monoisotopic (exact) mass is 589 g/mol. The Bertz CT molecular complexity index is 1600. The molecule has 4 aromatic rings. The summed E-state index contributed by atoms with van der Waals surface area (Å²) in [5.41, 5.74) is -1.34. The van der Waals surface area contributed by atoms with Gasteiger partial charge in [-0.2, -0.15) is 0 Å². The molecule has 8 nitrogen and oxygen atoms in total. The second kappa shape index (κ2) is 13.3. The standard InChI is InChI=1S/C21H13F5N3O5PS.2Na/c22-14-10(15(23)17(25)18(26)16(14)24)7-34-11-2-1-3-12(9(11)4-5-35(31,32)33)36-13-6-27-20-19(13)28-8-29-21(20)30;;/h1-6,8,27H,7H2,(H,28,29,30)(H2,31,32,33);;/q;2*+1/p-2/b5-4+;;. The number of benzene rings is 2. The SMILES string of the molecule is O=c1[nH]cnc2c(Sc3cccc(OCc4c(F)c(F)c(F)c(F)c4F)c3/C=C/P(=O)([O-])[O-])c[nH]c12.[Na+].[Na+]. The molecule has 2 aromatic heterocycles. The number of H-pyrrole nitrogens is 2. The van der Waals surface area contributed by atoms with Gasteiger partial charge in [-0.25, -0.2) is 26.9 Å². The van der Waals surface area contributed by atoms with Gasteiger partial charge in [-0.05, 0) is 25.8 Å². The van der Waals surface area contributed by atoms with E-state index < -0.39 is 54.4 Å². The average molecular weight is 589 g/mol. The van der Waals surface area contributed by atoms with E-state index in [2.05, 4.69) is 15.0 Å². The van der Waals surface area contributed by atoms with Crippen molar-refractivity contribution in [3.63, 3.8) is 0 Å². The Labute approximate surface area is 258 Å². The van der Waals surface area contributed by atoms with Crippen molar-refractivity contribution in [1.82, 2.24) is 15.0 Å². The first-order valence-electron chi connectivity index (χ1n) is 9.67. The van der Waals surface area contributed by atoms with Crippen LogP contribution in [-0.4, -0.2) is 15.0 Å². The van der Waals surface area contributed by atoms with Gasteiger partial charge in [0.15, 0.2) is 23.3 Å². The fraction of sp³-hybridized carbons (Fsp3) is 0.0476. The van der Waals surface area contributed by atoms with Crippen molar-refractivity contribution in [1.29, 1.82) is 0 Å². The molecule has 2 heterocycles. The summed E-state index contributed by atoms with van der Waals surface area (Å²) in [4.78, 5) is 44.2. The summed E-state index contributed by atoms with van der Waals surface area (Å²) in [5.74, 6) is -10.7. The first-order valence-corrected chi connectivity index (χ1v) is 12.1. The van der Waals surface area contributed by atoms with Crippen LogP contribution in [0.3, 0.4) is 0 Å². The van der Waals surface area contributed by atoms with E-state index in [1.807, 2.05) is 0 Å². The van der Waals surface area contributed by atoms with Crippen LogP contribution in [0.5, 0.6) is 5.75 Å². The predicted molar refractivity (Wildman–Crippen MR) is 114 cm³/mol. The maximum atomic E-state index is 14.0. The van der Waals surface area contributed by atoms with E-state index in [-0.39, 0.29) is 86.4 Å². The van der Waals surface area contributed by atoms with Crippen LogP contribution >= 0.6 is 19.4 Å². The topological polar surface area (TPSA) is 134 Å². The zero-order valence-corrected chi connectivity index (χ0v) is 25.2. The molecule has 38 heavy (non-hydrogen) atoms. The summed E-state index contributed by atoms with van der Waals surface area (Å²) >= 11 is 0.969. The van der Waals surface area contributed by atoms with Gasteiger partial charge in [-0.1, -0.05) is 23.6 Å². The Morgan fingerprint density at radius 3 is 2.24 bits per heavy atom. The van der Waals surface area contributed by atoms with Crippen molar-refractivity contribution in [2.75, 3.05) is 0 Å². The maximum absolute atomic E-state index is 14.0. The zero-order chi connectivity index (χ0) is 26.2. The molecule has 0 saturated heterocycles. The molecular weight excluding hydrogens is 578 g/mol. The van der Waals surface area contributed by atoms with E-state index in [9.17, 15) is 41.1 Å². The molecule has 0 unspecified atom stereocenters. The third-order valence-corrected chi connectivity index (χ3v) is 6.40. The van der Waals surface area contributed by atoms with Crippen molar-refractivity contribution >= 4 is 36.5 Å². The van der Waals surface area contributed by atoms with E-state index >= 15 is 0 Å². The number of hydrogen-bond donors (Lipinski definition) is 2. The van der Waals surface area contributed by atoms with Crippen molar-refractivity contribution in [2.24, 2.45) is 0 Å². The van der Waals surface area contributed by atoms with Gasteiger partial charge in [-0.3, -0.25) is 4.79 Å². The van der Waals surface area contributed by atoms with E-state index in [4.69, 9.17) is 4.74 Å². The van der Waals surface area contributed by atoms with Crippen molar-refractivity contribution in [2.45, 2.75) is 16.4 Å². The van der Waals surface area contributed by atoms with Crippen LogP contribution < -0.4 is 79.2 Å². The average Bonchev–Trinajstić information content (AvgIpc) is 3.24. The number of ether oxygens (including phenoxy) is 1. The maximum Gasteiger partial charge on any atom is 1.00 e. The molecule has 2 N–H and O–H groups in total. The molecule has 0 aliphatic carbocycles. The summed E-state index contributed by atoms with van der Waals surface area (Å²) < 4.78 is 84.9. The summed E-state index contributed by atoms with van der Waals surface area (Å²) in [6.45, 7) is -1.11. The Hall–Kier alpha value is -1.45. The third-order valence-electron chi connectivity index (χ3n) is 4.78. The molecule has 0 aliphatic heterocycles. The summed E-state index contributed by atoms with van der Waals surface area (Å²) in [7, 11) is -5.17. The normalized spacial score (nSPS) is 11.4. The van der Waals surface area contributed by atoms with Gasteiger partial charge in [0.25, 0.3) is 5.56 Å². The van der Waals surface area contributed by atoms with E-state index in [1.54, 1.807) is 0 Å². The van der Waals surface area contributed by atoms with Gasteiger partial charge in [0.2, 0.25) is 5.82 Å². The number of halogens is 5. The molecule has 0 aliphatic rings. The summed E-state index contributed by atoms with van der Waals surface area (Å²) in [6, 6.07) is 4.10. The first kappa shape index (κ1) is 32.8. The number of fused-ring (bicyclic) bond motifs is 1. The van der Waals surface area contributed by atoms with Gasteiger partial charge in [0.05, 0.1) is 16.8 Å². The van der Waals surface area contributed by atoms with Crippen LogP contribution in [0, 0.1) is 29.1 Å². The Morgan fingerprint density at radius 2 is 1.61 bits per heavy atom. The smallest absolute Gasteiger partial charge is 0.808 e. The van der Waals surface area contributed by atoms with Crippen molar-refractivity contribution in [3.8, 4) is 5.75 Å². The van der Waals surface area contributed by atoms with Crippen molar-refractivity contribution in [3.05, 3.63) is 87.1 Å². The van der Waals surface area contributed by atoms with Crippen LogP contribution in [0.15, 0.2) is 51.1 Å². The fourth-order valence-electron chi connectivity index (χ4n) is 3.12. The molecule has 4 rings (SSSR count). The van der Waals surface area contributed by atoms with Gasteiger partial charge in [-0.15, -0.1) is 0 Å². The summed E-state index contributed by atoms with van der Waals surface area (Å²) in [5, 5.41) is 0. The van der Waals surface area contributed by atoms with Crippen LogP contribution in [-0.2, 0) is 11.2 Å². The molecule has 188 valence electrons. The number of nitrogens with one attached hydrogen (secondary N) is 2. The number of nitrogens with zero attached hydrogens (tertiary/aromatic N) is 1. The van der Waals surface area contributed by atoms with Gasteiger partial charge < -0.3 is 29.1 Å². The van der Waals surface area contributed by atoms with Gasteiger partial charge >= 0.3 is 59.1 Å². The molecule has 0 spiro atoms. The first-order chi connectivity index (χ1) is 17.0. The molecule has 0 atom stereocenters. The second-order valence-corrected chi connectivity index (χ2v) is 9.53. The van der Waals surface area contributed by atoms with Crippen LogP contribution in [0.2, 0.25) is 0 Å². The number of rotatable bonds is 7. The predicted octanol–water partition coefficient (Wildman–Crippen LogP) is -2.43. The molecule has 0 saturated carbocycles. The molecule has 17 heteroatoms. The minimum atomic E-state index is -5.17. The van der Waals surface area contributed by atoms with Gasteiger partial charge in [0, 0.05) is 16.7 Å². The quantitative estimate of drug-likeness (QED) is 0.0806. The summed E-state index contributed by atoms with van der Waals surface area (Å²) in [6.07, 6.45) is 3.48. The molecule has 0 fully saturated rings. The van der Waals surface area contributed by atoms with E-state index in [0.29, 0.717) is 10.7 Å². The molecule has 0 amide bonds. The van der Waals surface area contributed by atoms with E-state index in [0.717, 1.165) is 24.2 Å². The minimum Gasteiger partial charge on any atom is -0.808 e. The second-order valence-electron chi connectivity index (χ2n) is 7.07. The fourth-order valence-corrected chi connectivity index (χ4v) is 4.48. The number of aromatic nitrogens is 3. The minimum absolute atomic E-state index is 0. The Kier molecular flexibility index (Phi) is 11.4. The van der Waals surface area contributed by atoms with Gasteiger partial charge in [0.1, 0.15) is 23.4 Å². The number of hydrogen-bond acceptors (Lipinski definition) is 7. The zero-order valence-electron chi connectivity index (χ0n) is 19.5. The Morgan fingerprint density at radius 1 is 0.974 bits per heavy atom. The molecule has 0 radical (unpaired) electrons. The van der Waals surface area contributed by atoms with Crippen molar-refractivity contribution < 1.29 is 100 Å². The van der Waals surface area contributed by atoms with E-state index in [1.165, 1.54) is 24.4 Å². The largest absolute Gasteiger partial charge is 1.00 e. The third kappa shape index (κ3) is 7.00. The van der Waals surface area contributed by atoms with Crippen LogP contribution in [0.1, 0.15) is 11.1 Å². The molecular formula is C21H11F5N3Na2O5PS. The number of aromatic amines is 2. The molecule has 0 bridgehead atoms. The van der Waals surface area contributed by atoms with Crippen LogP contribution in [0.4, 0.5) is 22.0 Å².